The number of rotatable bonds is 5. The summed E-state index contributed by atoms with van der Waals surface area (Å²) in [6.07, 6.45) is 4.51. The van der Waals surface area contributed by atoms with E-state index < -0.39 is 0 Å². The molecule has 0 aliphatic heterocycles. The van der Waals surface area contributed by atoms with Crippen molar-refractivity contribution in [2.75, 3.05) is 5.32 Å². The first-order valence-electron chi connectivity index (χ1n) is 10.0. The molecule has 4 aromatic heterocycles. The zero-order chi connectivity index (χ0) is 23.7. The monoisotopic (exact) mass is 452 g/mol. The average molecular weight is 452 g/mol. The van der Waals surface area contributed by atoms with Gasteiger partial charge in [-0.05, 0) is 25.1 Å². The van der Waals surface area contributed by atoms with Crippen molar-refractivity contribution in [3.8, 4) is 23.4 Å². The number of carbonyl (C=O) groups excluding carboxylic acids is 1. The number of benzene rings is 1. The molecule has 2 N–H and O–H groups in total. The SMILES string of the molecule is CC(=O)Nc1cccc(-c2nc3c(N=Nc4c(C#N)cnn4-c4ncccn4)c(C)[nH]n3n2)c1. The average Bonchev–Trinajstić information content (AvgIpc) is 3.51. The summed E-state index contributed by atoms with van der Waals surface area (Å²) >= 11 is 0. The van der Waals surface area contributed by atoms with Gasteiger partial charge in [0.05, 0.1) is 11.9 Å². The van der Waals surface area contributed by atoms with E-state index in [4.69, 9.17) is 0 Å². The van der Waals surface area contributed by atoms with Gasteiger partial charge in [0.1, 0.15) is 11.6 Å². The van der Waals surface area contributed by atoms with Gasteiger partial charge in [-0.15, -0.1) is 15.3 Å². The molecule has 0 saturated carbocycles. The number of nitrogens with one attached hydrogen (secondary N) is 2. The zero-order valence-corrected chi connectivity index (χ0v) is 18.0. The Morgan fingerprint density at radius 3 is 2.79 bits per heavy atom. The molecule has 0 fully saturated rings. The first-order chi connectivity index (χ1) is 16.5. The molecule has 5 aromatic rings. The molecule has 0 radical (unpaired) electrons. The van der Waals surface area contributed by atoms with E-state index in [-0.39, 0.29) is 23.2 Å². The van der Waals surface area contributed by atoms with Gasteiger partial charge >= 0.3 is 0 Å². The Hall–Kier alpha value is -5.25. The maximum absolute atomic E-state index is 11.4. The predicted molar refractivity (Wildman–Crippen MR) is 120 cm³/mol. The van der Waals surface area contributed by atoms with E-state index in [2.05, 4.69) is 45.8 Å². The maximum atomic E-state index is 11.4. The number of hydrogen-bond acceptors (Lipinski definition) is 9. The highest BCUT2D eigenvalue weighted by Gasteiger charge is 2.17. The first-order valence-corrected chi connectivity index (χ1v) is 10.0. The second-order valence-corrected chi connectivity index (χ2v) is 7.17. The summed E-state index contributed by atoms with van der Waals surface area (Å²) in [6.45, 7) is 3.25. The van der Waals surface area contributed by atoms with Crippen LogP contribution in [-0.2, 0) is 4.79 Å². The maximum Gasteiger partial charge on any atom is 0.252 e. The van der Waals surface area contributed by atoms with Crippen molar-refractivity contribution in [2.45, 2.75) is 13.8 Å². The summed E-state index contributed by atoms with van der Waals surface area (Å²) in [5.41, 5.74) is 3.15. The van der Waals surface area contributed by atoms with Crippen LogP contribution in [0.2, 0.25) is 0 Å². The summed E-state index contributed by atoms with van der Waals surface area (Å²) in [7, 11) is 0. The molecule has 0 aliphatic carbocycles. The highest BCUT2D eigenvalue weighted by molar-refractivity contribution is 5.89. The molecule has 0 saturated heterocycles. The van der Waals surface area contributed by atoms with E-state index >= 15 is 0 Å². The first kappa shape index (κ1) is 20.6. The second-order valence-electron chi connectivity index (χ2n) is 7.17. The molecule has 0 bridgehead atoms. The van der Waals surface area contributed by atoms with Crippen LogP contribution in [0.3, 0.4) is 0 Å². The van der Waals surface area contributed by atoms with Crippen molar-refractivity contribution in [1.82, 2.24) is 39.6 Å². The van der Waals surface area contributed by atoms with Crippen LogP contribution >= 0.6 is 0 Å². The Labute approximate surface area is 191 Å². The summed E-state index contributed by atoms with van der Waals surface area (Å²) in [5.74, 6) is 0.723. The molecule has 1 aromatic carbocycles. The molecule has 0 unspecified atom stereocenters. The summed E-state index contributed by atoms with van der Waals surface area (Å²) in [5, 5.41) is 32.5. The van der Waals surface area contributed by atoms with Crippen LogP contribution in [0, 0.1) is 18.3 Å². The molecule has 34 heavy (non-hydrogen) atoms. The van der Waals surface area contributed by atoms with Crippen LogP contribution in [0.1, 0.15) is 18.2 Å². The van der Waals surface area contributed by atoms with E-state index in [1.165, 1.54) is 22.4 Å². The van der Waals surface area contributed by atoms with E-state index in [1.54, 1.807) is 36.7 Å². The Kier molecular flexibility index (Phi) is 5.07. The Morgan fingerprint density at radius 1 is 1.21 bits per heavy atom. The number of aryl methyl sites for hydroxylation is 1. The van der Waals surface area contributed by atoms with Crippen LogP contribution in [0.5, 0.6) is 0 Å². The number of hydrogen-bond donors (Lipinski definition) is 2. The van der Waals surface area contributed by atoms with Crippen molar-refractivity contribution in [2.24, 2.45) is 10.2 Å². The van der Waals surface area contributed by atoms with Crippen LogP contribution in [-0.4, -0.2) is 45.5 Å². The van der Waals surface area contributed by atoms with Crippen LogP contribution < -0.4 is 5.32 Å². The summed E-state index contributed by atoms with van der Waals surface area (Å²) < 4.78 is 2.83. The quantitative estimate of drug-likeness (QED) is 0.386. The Bertz CT molecular complexity index is 1590. The third kappa shape index (κ3) is 3.75. The molecule has 1 amide bonds. The number of azo groups is 1. The van der Waals surface area contributed by atoms with Crippen molar-refractivity contribution in [1.29, 1.82) is 5.26 Å². The molecule has 0 aliphatic rings. The number of amides is 1. The summed E-state index contributed by atoms with van der Waals surface area (Å²) in [4.78, 5) is 24.3. The lowest BCUT2D eigenvalue weighted by molar-refractivity contribution is -0.114. The zero-order valence-electron chi connectivity index (χ0n) is 18.0. The number of aromatic amines is 1. The van der Waals surface area contributed by atoms with Gasteiger partial charge in [-0.1, -0.05) is 12.1 Å². The molecule has 166 valence electrons. The standard InChI is InChI=1S/C21H16N12O/c1-12-17(28-29-19-15(10-22)11-25-32(19)21-23-7-4-8-24-21)20-27-18(31-33(20)30-12)14-5-3-6-16(9-14)26-13(2)34/h3-9,11,30H,1-2H3,(H,26,34). The molecule has 13 heteroatoms. The van der Waals surface area contributed by atoms with E-state index in [9.17, 15) is 10.1 Å². The van der Waals surface area contributed by atoms with E-state index in [1.807, 2.05) is 19.1 Å². The van der Waals surface area contributed by atoms with Crippen molar-refractivity contribution in [3.05, 3.63) is 60.2 Å². The minimum atomic E-state index is -0.169. The highest BCUT2D eigenvalue weighted by Crippen LogP contribution is 2.30. The van der Waals surface area contributed by atoms with E-state index in [0.717, 1.165) is 5.56 Å². The number of aromatic nitrogens is 8. The molecular weight excluding hydrogens is 436 g/mol. The van der Waals surface area contributed by atoms with Gasteiger partial charge in [-0.2, -0.15) is 19.7 Å². The third-order valence-electron chi connectivity index (χ3n) is 4.74. The lowest BCUT2D eigenvalue weighted by Crippen LogP contribution is -2.05. The molecular formula is C21H16N12O. The topological polar surface area (TPSA) is 167 Å². The van der Waals surface area contributed by atoms with Crippen LogP contribution in [0.25, 0.3) is 23.0 Å². The van der Waals surface area contributed by atoms with Gasteiger partial charge in [-0.25, -0.2) is 15.0 Å². The normalized spacial score (nSPS) is 11.2. The number of anilines is 1. The summed E-state index contributed by atoms with van der Waals surface area (Å²) in [6, 6.07) is 10.9. The van der Waals surface area contributed by atoms with Gasteiger partial charge in [0.2, 0.25) is 11.6 Å². The third-order valence-corrected chi connectivity index (χ3v) is 4.74. The molecule has 13 nitrogen and oxygen atoms in total. The van der Waals surface area contributed by atoms with Gasteiger partial charge in [0.25, 0.3) is 5.95 Å². The molecule has 0 spiro atoms. The van der Waals surface area contributed by atoms with Crippen LogP contribution in [0.15, 0.2) is 59.2 Å². The number of fused-ring (bicyclic) bond motifs is 1. The fourth-order valence-electron chi connectivity index (χ4n) is 3.27. The fraction of sp³-hybridized carbons (Fsp3) is 0.0952. The van der Waals surface area contributed by atoms with Crippen LogP contribution in [0.4, 0.5) is 17.2 Å². The van der Waals surface area contributed by atoms with Gasteiger partial charge in [0, 0.05) is 30.6 Å². The largest absolute Gasteiger partial charge is 0.326 e. The Balaban J connectivity index is 1.54. The minimum absolute atomic E-state index is 0.169. The minimum Gasteiger partial charge on any atom is -0.326 e. The van der Waals surface area contributed by atoms with Crippen molar-refractivity contribution >= 4 is 28.7 Å². The smallest absolute Gasteiger partial charge is 0.252 e. The fourth-order valence-corrected chi connectivity index (χ4v) is 3.27. The Morgan fingerprint density at radius 2 is 2.03 bits per heavy atom. The second kappa shape index (κ2) is 8.36. The lowest BCUT2D eigenvalue weighted by atomic mass is 10.2. The van der Waals surface area contributed by atoms with Gasteiger partial charge in [0.15, 0.2) is 17.3 Å². The lowest BCUT2D eigenvalue weighted by Gasteiger charge is -2.02. The molecule has 0 atom stereocenters. The number of nitrogens with zero attached hydrogens (tertiary/aromatic N) is 10. The number of H-pyrrole nitrogens is 1. The predicted octanol–water partition coefficient (Wildman–Crippen LogP) is 3.25. The molecule has 5 rings (SSSR count). The van der Waals surface area contributed by atoms with Gasteiger partial charge < -0.3 is 5.32 Å². The van der Waals surface area contributed by atoms with Crippen molar-refractivity contribution in [3.63, 3.8) is 0 Å². The number of carbonyl (C=O) groups is 1. The highest BCUT2D eigenvalue weighted by atomic mass is 16.1. The van der Waals surface area contributed by atoms with Crippen molar-refractivity contribution < 1.29 is 4.79 Å². The number of nitriles is 1. The van der Waals surface area contributed by atoms with Gasteiger partial charge in [-0.3, -0.25) is 9.89 Å². The van der Waals surface area contributed by atoms with E-state index in [0.29, 0.717) is 28.5 Å². The molecule has 4 heterocycles.